The third-order valence-electron chi connectivity index (χ3n) is 4.22. The first kappa shape index (κ1) is 9.64. The quantitative estimate of drug-likeness (QED) is 0.524. The molecule has 2 saturated carbocycles. The molecule has 3 heteroatoms. The van der Waals surface area contributed by atoms with E-state index in [4.69, 9.17) is 9.47 Å². The average molecular weight is 210 g/mol. The van der Waals surface area contributed by atoms with Crippen molar-refractivity contribution >= 4 is 5.97 Å². The van der Waals surface area contributed by atoms with Gasteiger partial charge in [-0.3, -0.25) is 4.79 Å². The summed E-state index contributed by atoms with van der Waals surface area (Å²) < 4.78 is 11.3. The molecule has 3 rings (SSSR count). The Balaban J connectivity index is 1.65. The van der Waals surface area contributed by atoms with Crippen LogP contribution in [0.5, 0.6) is 0 Å². The molecule has 0 aromatic carbocycles. The van der Waals surface area contributed by atoms with Crippen LogP contribution in [0.4, 0.5) is 0 Å². The van der Waals surface area contributed by atoms with Crippen LogP contribution < -0.4 is 0 Å². The number of carbonyl (C=O) groups is 1. The topological polar surface area (TPSA) is 35.5 Å². The molecule has 1 aliphatic heterocycles. The number of unbranched alkanes of at least 4 members (excludes halogenated alkanes) is 1. The molecule has 0 amide bonds. The van der Waals surface area contributed by atoms with E-state index in [2.05, 4.69) is 6.92 Å². The molecule has 1 saturated heterocycles. The lowest BCUT2D eigenvalue weighted by Crippen LogP contribution is -2.34. The second-order valence-corrected chi connectivity index (χ2v) is 5.09. The first-order valence-corrected chi connectivity index (χ1v) is 6.13. The third kappa shape index (κ3) is 1.32. The number of ether oxygens (including phenoxy) is 2. The van der Waals surface area contributed by atoms with E-state index in [1.54, 1.807) is 0 Å². The summed E-state index contributed by atoms with van der Waals surface area (Å²) >= 11 is 0. The molecule has 5 atom stereocenters. The SMILES string of the molecule is CCCCOC1C2CC3C(=O)OC1C3C2. The van der Waals surface area contributed by atoms with Gasteiger partial charge in [-0.1, -0.05) is 13.3 Å². The van der Waals surface area contributed by atoms with Crippen molar-refractivity contribution in [2.45, 2.75) is 44.8 Å². The van der Waals surface area contributed by atoms with Crippen molar-refractivity contribution in [2.24, 2.45) is 17.8 Å². The Bertz CT molecular complexity index is 276. The van der Waals surface area contributed by atoms with Gasteiger partial charge in [-0.25, -0.2) is 0 Å². The fraction of sp³-hybridized carbons (Fsp3) is 0.917. The van der Waals surface area contributed by atoms with Crippen molar-refractivity contribution in [2.75, 3.05) is 6.61 Å². The number of carbonyl (C=O) groups excluding carboxylic acids is 1. The predicted molar refractivity (Wildman–Crippen MR) is 54.2 cm³/mol. The third-order valence-corrected chi connectivity index (χ3v) is 4.22. The summed E-state index contributed by atoms with van der Waals surface area (Å²) in [5.74, 6) is 1.32. The molecule has 0 aromatic heterocycles. The smallest absolute Gasteiger partial charge is 0.309 e. The normalized spacial score (nSPS) is 46.2. The minimum Gasteiger partial charge on any atom is -0.459 e. The second-order valence-electron chi connectivity index (χ2n) is 5.09. The van der Waals surface area contributed by atoms with Gasteiger partial charge < -0.3 is 9.47 Å². The highest BCUT2D eigenvalue weighted by Crippen LogP contribution is 2.55. The van der Waals surface area contributed by atoms with Crippen molar-refractivity contribution in [3.05, 3.63) is 0 Å². The molecule has 0 aromatic rings. The van der Waals surface area contributed by atoms with Crippen molar-refractivity contribution in [3.63, 3.8) is 0 Å². The van der Waals surface area contributed by atoms with Gasteiger partial charge in [-0.15, -0.1) is 0 Å². The van der Waals surface area contributed by atoms with E-state index in [0.717, 1.165) is 32.3 Å². The van der Waals surface area contributed by atoms with Crippen molar-refractivity contribution < 1.29 is 14.3 Å². The minimum absolute atomic E-state index is 0.0362. The summed E-state index contributed by atoms with van der Waals surface area (Å²) in [5, 5.41) is 0. The number of rotatable bonds is 4. The lowest BCUT2D eigenvalue weighted by atomic mass is 9.88. The first-order chi connectivity index (χ1) is 7.31. The second kappa shape index (κ2) is 3.48. The van der Waals surface area contributed by atoms with Gasteiger partial charge in [0.25, 0.3) is 0 Å². The van der Waals surface area contributed by atoms with Crippen LogP contribution >= 0.6 is 0 Å². The maximum absolute atomic E-state index is 11.5. The maximum atomic E-state index is 11.5. The Morgan fingerprint density at radius 2 is 2.33 bits per heavy atom. The van der Waals surface area contributed by atoms with E-state index in [9.17, 15) is 4.79 Å². The van der Waals surface area contributed by atoms with Crippen LogP contribution in [0.2, 0.25) is 0 Å². The Morgan fingerprint density at radius 1 is 1.47 bits per heavy atom. The average Bonchev–Trinajstić information content (AvgIpc) is 2.81. The molecule has 84 valence electrons. The molecule has 0 N–H and O–H groups in total. The molecule has 15 heavy (non-hydrogen) atoms. The molecule has 3 nitrogen and oxygen atoms in total. The number of hydrogen-bond donors (Lipinski definition) is 0. The summed E-state index contributed by atoms with van der Waals surface area (Å²) in [6.07, 6.45) is 4.74. The predicted octanol–water partition coefficient (Wildman–Crippen LogP) is 1.75. The zero-order valence-electron chi connectivity index (χ0n) is 9.15. The van der Waals surface area contributed by atoms with Crippen LogP contribution in [0.15, 0.2) is 0 Å². The maximum Gasteiger partial charge on any atom is 0.309 e. The standard InChI is InChI=1S/C12H18O3/c1-2-3-4-14-10-7-5-8-9(6-7)12(13)15-11(8)10/h7-11H,2-6H2,1H3. The number of esters is 1. The van der Waals surface area contributed by atoms with E-state index in [1.807, 2.05) is 0 Å². The van der Waals surface area contributed by atoms with Gasteiger partial charge in [0, 0.05) is 12.5 Å². The van der Waals surface area contributed by atoms with Crippen LogP contribution in [0.3, 0.4) is 0 Å². The van der Waals surface area contributed by atoms with Gasteiger partial charge in [0.05, 0.1) is 12.0 Å². The Labute approximate surface area is 90.1 Å². The molecule has 0 radical (unpaired) electrons. The van der Waals surface area contributed by atoms with E-state index < -0.39 is 0 Å². The van der Waals surface area contributed by atoms with Gasteiger partial charge in [0.15, 0.2) is 0 Å². The highest BCUT2D eigenvalue weighted by molar-refractivity contribution is 5.76. The van der Waals surface area contributed by atoms with E-state index in [0.29, 0.717) is 11.8 Å². The van der Waals surface area contributed by atoms with Crippen LogP contribution in [0.1, 0.15) is 32.6 Å². The molecule has 3 aliphatic rings. The van der Waals surface area contributed by atoms with Crippen LogP contribution in [-0.2, 0) is 14.3 Å². The van der Waals surface area contributed by atoms with E-state index in [-0.39, 0.29) is 24.1 Å². The fourth-order valence-corrected chi connectivity index (χ4v) is 3.50. The van der Waals surface area contributed by atoms with Gasteiger partial charge in [0.1, 0.15) is 6.10 Å². The van der Waals surface area contributed by atoms with Gasteiger partial charge in [-0.2, -0.15) is 0 Å². The first-order valence-electron chi connectivity index (χ1n) is 6.13. The van der Waals surface area contributed by atoms with E-state index in [1.165, 1.54) is 0 Å². The van der Waals surface area contributed by atoms with Crippen molar-refractivity contribution in [1.82, 2.24) is 0 Å². The molecule has 5 unspecified atom stereocenters. The zero-order valence-corrected chi connectivity index (χ0v) is 9.15. The van der Waals surface area contributed by atoms with Crippen LogP contribution in [0.25, 0.3) is 0 Å². The van der Waals surface area contributed by atoms with Gasteiger partial charge in [-0.05, 0) is 25.2 Å². The molecular weight excluding hydrogens is 192 g/mol. The van der Waals surface area contributed by atoms with Gasteiger partial charge >= 0.3 is 5.97 Å². The number of hydrogen-bond acceptors (Lipinski definition) is 3. The highest BCUT2D eigenvalue weighted by atomic mass is 16.6. The summed E-state index contributed by atoms with van der Waals surface area (Å²) in [5.41, 5.74) is 0. The van der Waals surface area contributed by atoms with Gasteiger partial charge in [0.2, 0.25) is 0 Å². The monoisotopic (exact) mass is 210 g/mol. The summed E-state index contributed by atoms with van der Waals surface area (Å²) in [6, 6.07) is 0. The van der Waals surface area contributed by atoms with Crippen LogP contribution in [0, 0.1) is 17.8 Å². The molecular formula is C12H18O3. The lowest BCUT2D eigenvalue weighted by Gasteiger charge is -2.25. The molecule has 0 spiro atoms. The summed E-state index contributed by atoms with van der Waals surface area (Å²) in [4.78, 5) is 11.5. The summed E-state index contributed by atoms with van der Waals surface area (Å²) in [6.45, 7) is 2.99. The Hall–Kier alpha value is -0.570. The minimum atomic E-state index is 0.0362. The zero-order chi connectivity index (χ0) is 10.4. The fourth-order valence-electron chi connectivity index (χ4n) is 3.50. The van der Waals surface area contributed by atoms with E-state index >= 15 is 0 Å². The Kier molecular flexibility index (Phi) is 2.23. The van der Waals surface area contributed by atoms with Crippen molar-refractivity contribution in [3.8, 4) is 0 Å². The van der Waals surface area contributed by atoms with Crippen LogP contribution in [-0.4, -0.2) is 24.8 Å². The molecule has 1 heterocycles. The molecule has 3 fully saturated rings. The Morgan fingerprint density at radius 3 is 3.13 bits per heavy atom. The largest absolute Gasteiger partial charge is 0.459 e. The molecule has 2 aliphatic carbocycles. The number of fused-ring (bicyclic) bond motifs is 1. The highest BCUT2D eigenvalue weighted by Gasteiger charge is 2.62. The summed E-state index contributed by atoms with van der Waals surface area (Å²) in [7, 11) is 0. The molecule has 2 bridgehead atoms. The van der Waals surface area contributed by atoms with Crippen molar-refractivity contribution in [1.29, 1.82) is 0 Å². The lowest BCUT2D eigenvalue weighted by molar-refractivity contribution is -0.147.